The summed E-state index contributed by atoms with van der Waals surface area (Å²) in [5, 5.41) is 0. The third kappa shape index (κ3) is 3.50. The van der Waals surface area contributed by atoms with Crippen molar-refractivity contribution >= 4 is 28.8 Å². The van der Waals surface area contributed by atoms with Gasteiger partial charge in [-0.3, -0.25) is 4.79 Å². The van der Waals surface area contributed by atoms with E-state index in [1.165, 1.54) is 17.8 Å². The smallest absolute Gasteiger partial charge is 0.242 e. The third-order valence-corrected chi connectivity index (χ3v) is 5.03. The van der Waals surface area contributed by atoms with Crippen LogP contribution in [0.3, 0.4) is 0 Å². The molecule has 0 atom stereocenters. The molecule has 1 aromatic rings. The van der Waals surface area contributed by atoms with Gasteiger partial charge in [-0.25, -0.2) is 0 Å². The zero-order valence-electron chi connectivity index (χ0n) is 11.3. The fourth-order valence-electron chi connectivity index (χ4n) is 2.66. The topological polar surface area (TPSA) is 46.3 Å². The first-order chi connectivity index (χ1) is 9.05. The molecule has 2 N–H and O–H groups in total. The first-order valence-corrected chi connectivity index (χ1v) is 8.07. The number of thiophene rings is 1. The van der Waals surface area contributed by atoms with Crippen LogP contribution in [0.1, 0.15) is 43.9 Å². The Labute approximate surface area is 123 Å². The Kier molecular flexibility index (Phi) is 4.87. The molecule has 0 spiro atoms. The standard InChI is InChI=1S/C14H21ClN2OS/c1-2-17(10-11-6-7-12(15)19-11)13(18)14(16)8-4-3-5-9-14/h6-7H,2-5,8-10,16H2,1H3. The largest absolute Gasteiger partial charge is 0.336 e. The SMILES string of the molecule is CCN(Cc1ccc(Cl)s1)C(=O)C1(N)CCCCC1. The molecule has 0 aliphatic heterocycles. The highest BCUT2D eigenvalue weighted by atomic mass is 35.5. The Hall–Kier alpha value is -0.580. The van der Waals surface area contributed by atoms with Gasteiger partial charge >= 0.3 is 0 Å². The molecule has 1 aromatic heterocycles. The van der Waals surface area contributed by atoms with Gasteiger partial charge in [0.05, 0.1) is 16.4 Å². The van der Waals surface area contributed by atoms with Gasteiger partial charge < -0.3 is 10.6 Å². The van der Waals surface area contributed by atoms with Crippen LogP contribution in [-0.4, -0.2) is 22.9 Å². The number of likely N-dealkylation sites (N-methyl/N-ethyl adjacent to an activating group) is 1. The summed E-state index contributed by atoms with van der Waals surface area (Å²) in [7, 11) is 0. The van der Waals surface area contributed by atoms with Crippen LogP contribution in [0.5, 0.6) is 0 Å². The summed E-state index contributed by atoms with van der Waals surface area (Å²) in [6, 6.07) is 3.85. The quantitative estimate of drug-likeness (QED) is 0.926. The molecule has 106 valence electrons. The van der Waals surface area contributed by atoms with E-state index < -0.39 is 5.54 Å². The van der Waals surface area contributed by atoms with Gasteiger partial charge in [0, 0.05) is 11.4 Å². The highest BCUT2D eigenvalue weighted by molar-refractivity contribution is 7.16. The van der Waals surface area contributed by atoms with Crippen LogP contribution in [0.15, 0.2) is 12.1 Å². The van der Waals surface area contributed by atoms with E-state index in [1.54, 1.807) is 0 Å². The molecule has 0 aromatic carbocycles. The van der Waals surface area contributed by atoms with Crippen molar-refractivity contribution in [2.75, 3.05) is 6.54 Å². The molecule has 19 heavy (non-hydrogen) atoms. The summed E-state index contributed by atoms with van der Waals surface area (Å²) in [6.07, 6.45) is 4.94. The Morgan fingerprint density at radius 2 is 2.11 bits per heavy atom. The summed E-state index contributed by atoms with van der Waals surface area (Å²) in [5.74, 6) is 0.0965. The Morgan fingerprint density at radius 1 is 1.42 bits per heavy atom. The van der Waals surface area contributed by atoms with Crippen molar-refractivity contribution in [1.29, 1.82) is 0 Å². The number of hydrogen-bond acceptors (Lipinski definition) is 3. The van der Waals surface area contributed by atoms with Gasteiger partial charge in [-0.15, -0.1) is 11.3 Å². The van der Waals surface area contributed by atoms with Gasteiger partial charge in [0.15, 0.2) is 0 Å². The number of rotatable bonds is 4. The molecule has 1 fully saturated rings. The van der Waals surface area contributed by atoms with Gasteiger partial charge in [-0.1, -0.05) is 30.9 Å². The van der Waals surface area contributed by atoms with E-state index in [0.717, 1.165) is 34.9 Å². The Bertz CT molecular complexity index is 440. The van der Waals surface area contributed by atoms with Crippen molar-refractivity contribution in [3.05, 3.63) is 21.3 Å². The molecular weight excluding hydrogens is 280 g/mol. The van der Waals surface area contributed by atoms with Crippen molar-refractivity contribution in [3.63, 3.8) is 0 Å². The van der Waals surface area contributed by atoms with Gasteiger partial charge in [-0.2, -0.15) is 0 Å². The fraction of sp³-hybridized carbons (Fsp3) is 0.643. The van der Waals surface area contributed by atoms with Crippen LogP contribution in [0.2, 0.25) is 4.34 Å². The zero-order valence-corrected chi connectivity index (χ0v) is 12.9. The second kappa shape index (κ2) is 6.25. The maximum Gasteiger partial charge on any atom is 0.242 e. The van der Waals surface area contributed by atoms with Crippen LogP contribution < -0.4 is 5.73 Å². The molecule has 1 heterocycles. The molecule has 1 saturated carbocycles. The molecule has 0 bridgehead atoms. The molecule has 1 aliphatic carbocycles. The highest BCUT2D eigenvalue weighted by Crippen LogP contribution is 2.29. The molecule has 0 saturated heterocycles. The number of nitrogens with two attached hydrogens (primary N) is 1. The molecule has 0 unspecified atom stereocenters. The predicted molar refractivity (Wildman–Crippen MR) is 80.4 cm³/mol. The minimum Gasteiger partial charge on any atom is -0.336 e. The first kappa shape index (κ1) is 14.8. The summed E-state index contributed by atoms with van der Waals surface area (Å²) < 4.78 is 0.763. The minimum atomic E-state index is -0.644. The van der Waals surface area contributed by atoms with Crippen LogP contribution in [0.4, 0.5) is 0 Å². The second-order valence-electron chi connectivity index (χ2n) is 5.24. The van der Waals surface area contributed by atoms with Crippen molar-refractivity contribution in [3.8, 4) is 0 Å². The van der Waals surface area contributed by atoms with Crippen molar-refractivity contribution in [2.24, 2.45) is 5.73 Å². The minimum absolute atomic E-state index is 0.0965. The van der Waals surface area contributed by atoms with Crippen LogP contribution in [0, 0.1) is 0 Å². The van der Waals surface area contributed by atoms with E-state index in [2.05, 4.69) is 0 Å². The molecule has 1 aliphatic rings. The van der Waals surface area contributed by atoms with Gasteiger partial charge in [0.2, 0.25) is 5.91 Å². The summed E-state index contributed by atoms with van der Waals surface area (Å²) >= 11 is 7.46. The number of nitrogens with zero attached hydrogens (tertiary/aromatic N) is 1. The van der Waals surface area contributed by atoms with Crippen molar-refractivity contribution < 1.29 is 4.79 Å². The van der Waals surface area contributed by atoms with Gasteiger partial charge in [0.1, 0.15) is 0 Å². The predicted octanol–water partition coefficient (Wildman–Crippen LogP) is 3.41. The lowest BCUT2D eigenvalue weighted by atomic mass is 9.81. The average Bonchev–Trinajstić information content (AvgIpc) is 2.81. The number of hydrogen-bond donors (Lipinski definition) is 1. The molecule has 2 rings (SSSR count). The number of amides is 1. The Morgan fingerprint density at radius 3 is 2.63 bits per heavy atom. The lowest BCUT2D eigenvalue weighted by Gasteiger charge is -2.36. The van der Waals surface area contributed by atoms with Crippen LogP contribution in [-0.2, 0) is 11.3 Å². The van der Waals surface area contributed by atoms with Crippen molar-refractivity contribution in [2.45, 2.75) is 51.1 Å². The third-order valence-electron chi connectivity index (χ3n) is 3.82. The molecule has 5 heteroatoms. The fourth-order valence-corrected chi connectivity index (χ4v) is 3.77. The van der Waals surface area contributed by atoms with E-state index in [9.17, 15) is 4.79 Å². The molecular formula is C14H21ClN2OS. The zero-order chi connectivity index (χ0) is 13.9. The Balaban J connectivity index is 2.06. The lowest BCUT2D eigenvalue weighted by molar-refractivity contribution is -0.138. The normalized spacial score (nSPS) is 18.3. The highest BCUT2D eigenvalue weighted by Gasteiger charge is 2.37. The van der Waals surface area contributed by atoms with E-state index in [1.807, 2.05) is 24.0 Å². The first-order valence-electron chi connectivity index (χ1n) is 6.87. The van der Waals surface area contributed by atoms with E-state index >= 15 is 0 Å². The monoisotopic (exact) mass is 300 g/mol. The number of carbonyl (C=O) groups is 1. The molecule has 3 nitrogen and oxygen atoms in total. The van der Waals surface area contributed by atoms with E-state index in [-0.39, 0.29) is 5.91 Å². The number of carbonyl (C=O) groups excluding carboxylic acids is 1. The van der Waals surface area contributed by atoms with Gasteiger partial charge in [-0.05, 0) is 31.9 Å². The summed E-state index contributed by atoms with van der Waals surface area (Å²) in [4.78, 5) is 15.6. The second-order valence-corrected chi connectivity index (χ2v) is 7.04. The van der Waals surface area contributed by atoms with E-state index in [0.29, 0.717) is 13.1 Å². The van der Waals surface area contributed by atoms with Gasteiger partial charge in [0.25, 0.3) is 0 Å². The molecule has 0 radical (unpaired) electrons. The van der Waals surface area contributed by atoms with Crippen molar-refractivity contribution in [1.82, 2.24) is 4.90 Å². The van der Waals surface area contributed by atoms with Crippen LogP contribution >= 0.6 is 22.9 Å². The maximum absolute atomic E-state index is 12.6. The average molecular weight is 301 g/mol. The summed E-state index contributed by atoms with van der Waals surface area (Å²) in [6.45, 7) is 3.30. The summed E-state index contributed by atoms with van der Waals surface area (Å²) in [5.41, 5.74) is 5.68. The van der Waals surface area contributed by atoms with Crippen LogP contribution in [0.25, 0.3) is 0 Å². The molecule has 1 amide bonds. The lowest BCUT2D eigenvalue weighted by Crippen LogP contribution is -2.56. The van der Waals surface area contributed by atoms with E-state index in [4.69, 9.17) is 17.3 Å². The maximum atomic E-state index is 12.6. The number of halogens is 1.